The lowest BCUT2D eigenvalue weighted by atomic mass is 9.84. The van der Waals surface area contributed by atoms with Crippen molar-refractivity contribution in [3.05, 3.63) is 35.9 Å². The van der Waals surface area contributed by atoms with Crippen LogP contribution in [-0.4, -0.2) is 11.1 Å². The van der Waals surface area contributed by atoms with E-state index in [4.69, 9.17) is 6.42 Å². The van der Waals surface area contributed by atoms with Crippen LogP contribution in [0.4, 0.5) is 0 Å². The van der Waals surface area contributed by atoms with Gasteiger partial charge in [0, 0.05) is 5.92 Å². The van der Waals surface area contributed by atoms with Crippen molar-refractivity contribution < 1.29 is 9.90 Å². The van der Waals surface area contributed by atoms with Gasteiger partial charge in [0.15, 0.2) is 0 Å². The molecule has 0 aliphatic rings. The largest absolute Gasteiger partial charge is 0.481 e. The third kappa shape index (κ3) is 3.96. The Morgan fingerprint density at radius 2 is 2.06 bits per heavy atom. The molecule has 0 spiro atoms. The van der Waals surface area contributed by atoms with E-state index >= 15 is 0 Å². The van der Waals surface area contributed by atoms with Gasteiger partial charge in [-0.2, -0.15) is 0 Å². The van der Waals surface area contributed by atoms with Gasteiger partial charge >= 0.3 is 5.97 Å². The minimum atomic E-state index is -0.801. The van der Waals surface area contributed by atoms with Crippen LogP contribution in [0.3, 0.4) is 0 Å². The third-order valence-corrected chi connectivity index (χ3v) is 2.92. The van der Waals surface area contributed by atoms with Crippen molar-refractivity contribution >= 4 is 5.97 Å². The van der Waals surface area contributed by atoms with Crippen molar-refractivity contribution in [2.24, 2.45) is 11.8 Å². The molecular weight excluding hydrogens is 212 g/mol. The monoisotopic (exact) mass is 230 g/mol. The Morgan fingerprint density at radius 1 is 1.41 bits per heavy atom. The smallest absolute Gasteiger partial charge is 0.308 e. The number of hydrogen-bond acceptors (Lipinski definition) is 1. The molecule has 2 atom stereocenters. The summed E-state index contributed by atoms with van der Waals surface area (Å²) in [6, 6.07) is 9.63. The van der Waals surface area contributed by atoms with E-state index in [0.717, 1.165) is 18.4 Å². The molecule has 2 heteroatoms. The topological polar surface area (TPSA) is 37.3 Å². The van der Waals surface area contributed by atoms with Gasteiger partial charge in [-0.3, -0.25) is 4.79 Å². The van der Waals surface area contributed by atoms with Crippen molar-refractivity contribution in [1.82, 2.24) is 0 Å². The second-order valence-corrected chi connectivity index (χ2v) is 4.20. The van der Waals surface area contributed by atoms with Crippen molar-refractivity contribution in [1.29, 1.82) is 0 Å². The number of carboxylic acids is 1. The molecule has 0 bridgehead atoms. The Balaban J connectivity index is 2.80. The Labute approximate surface area is 103 Å². The molecule has 2 unspecified atom stereocenters. The number of terminal acetylenes is 1. The van der Waals surface area contributed by atoms with Crippen molar-refractivity contribution in [3.8, 4) is 12.3 Å². The number of benzene rings is 1. The van der Waals surface area contributed by atoms with Crippen LogP contribution in [0.15, 0.2) is 30.3 Å². The molecule has 0 fully saturated rings. The van der Waals surface area contributed by atoms with Gasteiger partial charge in [-0.1, -0.05) is 43.7 Å². The van der Waals surface area contributed by atoms with Gasteiger partial charge in [-0.25, -0.2) is 0 Å². The summed E-state index contributed by atoms with van der Waals surface area (Å²) in [5.74, 6) is 1.16. The highest BCUT2D eigenvalue weighted by atomic mass is 16.4. The van der Waals surface area contributed by atoms with E-state index in [-0.39, 0.29) is 5.92 Å². The second-order valence-electron chi connectivity index (χ2n) is 4.20. The molecule has 0 aliphatic heterocycles. The highest BCUT2D eigenvalue weighted by Crippen LogP contribution is 2.22. The molecular formula is C15H18O2. The van der Waals surface area contributed by atoms with E-state index in [1.807, 2.05) is 37.3 Å². The Kier molecular flexibility index (Phi) is 5.29. The molecule has 0 aliphatic carbocycles. The molecule has 0 heterocycles. The van der Waals surface area contributed by atoms with Crippen LogP contribution >= 0.6 is 0 Å². The molecule has 0 saturated carbocycles. The quantitative estimate of drug-likeness (QED) is 0.763. The molecule has 2 nitrogen and oxygen atoms in total. The van der Waals surface area contributed by atoms with Crippen LogP contribution in [-0.2, 0) is 11.2 Å². The summed E-state index contributed by atoms with van der Waals surface area (Å²) in [6.07, 6.45) is 7.62. The maximum Gasteiger partial charge on any atom is 0.308 e. The standard InChI is InChI=1S/C15H18O2/c1-3-8-13(4-2)14(15(16)17)11-12-9-6-5-7-10-12/h2,5-7,9-10,13-14H,3,8,11H2,1H3,(H,16,17). The molecule has 1 rings (SSSR count). The zero-order valence-electron chi connectivity index (χ0n) is 10.1. The van der Waals surface area contributed by atoms with Crippen molar-refractivity contribution in [3.63, 3.8) is 0 Å². The van der Waals surface area contributed by atoms with E-state index in [2.05, 4.69) is 5.92 Å². The highest BCUT2D eigenvalue weighted by molar-refractivity contribution is 5.71. The number of carboxylic acid groups (broad SMARTS) is 1. The minimum absolute atomic E-state index is 0.183. The van der Waals surface area contributed by atoms with Crippen LogP contribution in [0.25, 0.3) is 0 Å². The first-order valence-electron chi connectivity index (χ1n) is 5.91. The Hall–Kier alpha value is -1.75. The lowest BCUT2D eigenvalue weighted by molar-refractivity contribution is -0.143. The SMILES string of the molecule is C#CC(CCC)C(Cc1ccccc1)C(=O)O. The summed E-state index contributed by atoms with van der Waals surface area (Å²) in [4.78, 5) is 11.3. The summed E-state index contributed by atoms with van der Waals surface area (Å²) in [6.45, 7) is 2.02. The van der Waals surface area contributed by atoms with Gasteiger partial charge in [0.25, 0.3) is 0 Å². The van der Waals surface area contributed by atoms with Crippen molar-refractivity contribution in [2.75, 3.05) is 0 Å². The van der Waals surface area contributed by atoms with E-state index in [1.165, 1.54) is 0 Å². The highest BCUT2D eigenvalue weighted by Gasteiger charge is 2.26. The van der Waals surface area contributed by atoms with Gasteiger partial charge < -0.3 is 5.11 Å². The number of aliphatic carboxylic acids is 1. The van der Waals surface area contributed by atoms with Crippen LogP contribution in [0.5, 0.6) is 0 Å². The minimum Gasteiger partial charge on any atom is -0.481 e. The van der Waals surface area contributed by atoms with E-state index in [9.17, 15) is 9.90 Å². The first-order valence-corrected chi connectivity index (χ1v) is 5.91. The van der Waals surface area contributed by atoms with E-state index in [1.54, 1.807) is 0 Å². The van der Waals surface area contributed by atoms with E-state index in [0.29, 0.717) is 6.42 Å². The maximum atomic E-state index is 11.3. The first kappa shape index (κ1) is 13.3. The van der Waals surface area contributed by atoms with Gasteiger partial charge in [0.05, 0.1) is 5.92 Å². The number of rotatable bonds is 6. The summed E-state index contributed by atoms with van der Waals surface area (Å²) in [7, 11) is 0. The fraction of sp³-hybridized carbons (Fsp3) is 0.400. The maximum absolute atomic E-state index is 11.3. The summed E-state index contributed by atoms with van der Waals surface area (Å²) < 4.78 is 0. The van der Waals surface area contributed by atoms with Crippen molar-refractivity contribution in [2.45, 2.75) is 26.2 Å². The molecule has 0 radical (unpaired) electrons. The molecule has 0 saturated heterocycles. The van der Waals surface area contributed by atoms with Crippen LogP contribution in [0.2, 0.25) is 0 Å². The molecule has 90 valence electrons. The van der Waals surface area contributed by atoms with Gasteiger partial charge in [-0.05, 0) is 18.4 Å². The van der Waals surface area contributed by atoms with Gasteiger partial charge in [0.1, 0.15) is 0 Å². The lowest BCUT2D eigenvalue weighted by Crippen LogP contribution is -2.25. The zero-order chi connectivity index (χ0) is 12.7. The molecule has 1 aromatic rings. The Morgan fingerprint density at radius 3 is 2.53 bits per heavy atom. The molecule has 0 aromatic heterocycles. The van der Waals surface area contributed by atoms with E-state index < -0.39 is 11.9 Å². The normalized spacial score (nSPS) is 13.6. The predicted octanol–water partition coefficient (Wildman–Crippen LogP) is 2.98. The second kappa shape index (κ2) is 6.75. The lowest BCUT2D eigenvalue weighted by Gasteiger charge is -2.18. The Bertz CT molecular complexity index is 389. The van der Waals surface area contributed by atoms with Crippen LogP contribution in [0.1, 0.15) is 25.3 Å². The van der Waals surface area contributed by atoms with Gasteiger partial charge in [-0.15, -0.1) is 12.3 Å². The van der Waals surface area contributed by atoms with Gasteiger partial charge in [0.2, 0.25) is 0 Å². The van der Waals surface area contributed by atoms with Crippen LogP contribution < -0.4 is 0 Å². The predicted molar refractivity (Wildman–Crippen MR) is 68.5 cm³/mol. The third-order valence-electron chi connectivity index (χ3n) is 2.92. The number of hydrogen-bond donors (Lipinski definition) is 1. The number of carbonyl (C=O) groups is 1. The van der Waals surface area contributed by atoms with Crippen LogP contribution in [0, 0.1) is 24.2 Å². The summed E-state index contributed by atoms with van der Waals surface area (Å²) >= 11 is 0. The average Bonchev–Trinajstić information content (AvgIpc) is 2.34. The fourth-order valence-electron chi connectivity index (χ4n) is 1.98. The molecule has 1 aromatic carbocycles. The fourth-order valence-corrected chi connectivity index (χ4v) is 1.98. The molecule has 17 heavy (non-hydrogen) atoms. The molecule has 1 N–H and O–H groups in total. The zero-order valence-corrected chi connectivity index (χ0v) is 10.1. The first-order chi connectivity index (χ1) is 8.19. The summed E-state index contributed by atoms with van der Waals surface area (Å²) in [5.41, 5.74) is 1.02. The molecule has 0 amide bonds. The average molecular weight is 230 g/mol. The summed E-state index contributed by atoms with van der Waals surface area (Å²) in [5, 5.41) is 9.27.